The van der Waals surface area contributed by atoms with E-state index in [1.807, 2.05) is 0 Å². The van der Waals surface area contributed by atoms with Crippen molar-refractivity contribution in [2.75, 3.05) is 12.3 Å². The van der Waals surface area contributed by atoms with Crippen LogP contribution >= 0.6 is 23.8 Å². The molecule has 0 aromatic carbocycles. The number of aromatic nitrogens is 4. The molecule has 0 amide bonds. The Bertz CT molecular complexity index is 812. The number of imidazole rings is 1. The molecule has 1 aliphatic rings. The van der Waals surface area contributed by atoms with Crippen LogP contribution in [0.15, 0.2) is 11.1 Å². The molecule has 2 aromatic heterocycles. The molecule has 3 rings (SSSR count). The van der Waals surface area contributed by atoms with Gasteiger partial charge in [-0.05, 0) is 15.9 Å². The number of anilines is 1. The van der Waals surface area contributed by atoms with E-state index in [1.54, 1.807) is 0 Å². The quantitative estimate of drug-likeness (QED) is 0.295. The third kappa shape index (κ3) is 3.17. The van der Waals surface area contributed by atoms with Crippen molar-refractivity contribution in [3.63, 3.8) is 0 Å². The molecule has 1 unspecified atom stereocenters. The van der Waals surface area contributed by atoms with Crippen LogP contribution in [-0.2, 0) is 13.8 Å². The fourth-order valence-corrected chi connectivity index (χ4v) is 3.26. The molecular weight excluding hydrogens is 413 g/mol. The smallest absolute Gasteiger partial charge is 0.387 e. The van der Waals surface area contributed by atoms with Crippen molar-refractivity contribution in [2.24, 2.45) is 0 Å². The predicted molar refractivity (Wildman–Crippen MR) is 81.4 cm³/mol. The lowest BCUT2D eigenvalue weighted by molar-refractivity contribution is -0.0514. The van der Waals surface area contributed by atoms with E-state index >= 15 is 0 Å². The lowest BCUT2D eigenvalue weighted by atomic mass is 10.1. The van der Waals surface area contributed by atoms with E-state index < -0.39 is 39.0 Å². The molecule has 4 atom stereocenters. The topological polar surface area (TPSA) is 186 Å². The molecule has 14 heteroatoms. The molecule has 3 heterocycles. The fraction of sp³-hybridized carbons (Fsp3) is 0.500. The van der Waals surface area contributed by atoms with Crippen LogP contribution in [0, 0.1) is 0 Å². The standard InChI is InChI=1S/C10H13BrN5O7P/c11-10-15-4-7(12)13-2-14-8(4)16(10)9-6(18)5(17)3(23-9)1-22-24(19,20)21/h2-3,5-6,9,17-18H,1H2,(H2,12,13,14)(H2,19,20,21)/t3-,5-,6-,9?/m1/s1. The lowest BCUT2D eigenvalue weighted by Crippen LogP contribution is -2.33. The van der Waals surface area contributed by atoms with Crippen LogP contribution in [0.4, 0.5) is 5.82 Å². The van der Waals surface area contributed by atoms with Gasteiger partial charge in [0.2, 0.25) is 0 Å². The highest BCUT2D eigenvalue weighted by atomic mass is 79.9. The van der Waals surface area contributed by atoms with Crippen LogP contribution in [-0.4, -0.2) is 64.4 Å². The van der Waals surface area contributed by atoms with Crippen LogP contribution in [0.2, 0.25) is 0 Å². The second kappa shape index (κ2) is 6.28. The summed E-state index contributed by atoms with van der Waals surface area (Å²) >= 11 is 3.19. The molecule has 24 heavy (non-hydrogen) atoms. The Labute approximate surface area is 142 Å². The Hall–Kier alpha value is -1.18. The summed E-state index contributed by atoms with van der Waals surface area (Å²) in [4.78, 5) is 29.4. The van der Waals surface area contributed by atoms with E-state index in [4.69, 9.17) is 20.3 Å². The zero-order valence-corrected chi connectivity index (χ0v) is 14.3. The average Bonchev–Trinajstić information content (AvgIpc) is 2.96. The Morgan fingerprint density at radius 1 is 1.38 bits per heavy atom. The van der Waals surface area contributed by atoms with E-state index in [1.165, 1.54) is 10.9 Å². The van der Waals surface area contributed by atoms with Gasteiger partial charge in [-0.25, -0.2) is 19.5 Å². The Kier molecular flexibility index (Phi) is 4.61. The maximum atomic E-state index is 10.8. The Morgan fingerprint density at radius 3 is 2.75 bits per heavy atom. The van der Waals surface area contributed by atoms with Gasteiger partial charge in [0, 0.05) is 0 Å². The zero-order valence-electron chi connectivity index (χ0n) is 11.8. The van der Waals surface area contributed by atoms with Crippen molar-refractivity contribution in [1.82, 2.24) is 19.5 Å². The monoisotopic (exact) mass is 425 g/mol. The van der Waals surface area contributed by atoms with Crippen molar-refractivity contribution in [1.29, 1.82) is 0 Å². The SMILES string of the molecule is Nc1ncnc2c1nc(Br)n2C1O[C@H](COP(=O)(O)O)[C@@H](O)[C@H]1O. The molecule has 1 aliphatic heterocycles. The fourth-order valence-electron chi connectivity index (χ4n) is 2.38. The number of fused-ring (bicyclic) bond motifs is 1. The number of rotatable bonds is 4. The van der Waals surface area contributed by atoms with Gasteiger partial charge in [0.05, 0.1) is 6.61 Å². The molecule has 0 saturated carbocycles. The van der Waals surface area contributed by atoms with Gasteiger partial charge in [-0.15, -0.1) is 0 Å². The van der Waals surface area contributed by atoms with Gasteiger partial charge in [0.1, 0.15) is 24.6 Å². The van der Waals surface area contributed by atoms with Crippen molar-refractivity contribution in [3.05, 3.63) is 11.1 Å². The minimum atomic E-state index is -4.74. The van der Waals surface area contributed by atoms with Crippen molar-refractivity contribution < 1.29 is 33.8 Å². The highest BCUT2D eigenvalue weighted by molar-refractivity contribution is 9.10. The molecule has 0 aliphatic carbocycles. The Balaban J connectivity index is 1.92. The summed E-state index contributed by atoms with van der Waals surface area (Å²) in [7, 11) is -4.74. The van der Waals surface area contributed by atoms with Crippen LogP contribution < -0.4 is 5.73 Å². The van der Waals surface area contributed by atoms with Gasteiger partial charge in [0.25, 0.3) is 0 Å². The van der Waals surface area contributed by atoms with Gasteiger partial charge in [-0.2, -0.15) is 0 Å². The third-order valence-electron chi connectivity index (χ3n) is 3.46. The summed E-state index contributed by atoms with van der Waals surface area (Å²) in [5, 5.41) is 20.2. The van der Waals surface area contributed by atoms with Gasteiger partial charge in [0.15, 0.2) is 27.9 Å². The number of nitrogen functional groups attached to an aromatic ring is 1. The molecule has 1 saturated heterocycles. The lowest BCUT2D eigenvalue weighted by Gasteiger charge is -2.17. The van der Waals surface area contributed by atoms with Gasteiger partial charge in [-0.3, -0.25) is 9.09 Å². The zero-order chi connectivity index (χ0) is 17.6. The first-order valence-electron chi connectivity index (χ1n) is 6.54. The number of aliphatic hydroxyl groups excluding tert-OH is 2. The molecule has 1 fully saturated rings. The Morgan fingerprint density at radius 2 is 2.08 bits per heavy atom. The normalized spacial score (nSPS) is 27.9. The summed E-state index contributed by atoms with van der Waals surface area (Å²) in [5.41, 5.74) is 6.23. The summed E-state index contributed by atoms with van der Waals surface area (Å²) in [6.45, 7) is -0.611. The first-order valence-corrected chi connectivity index (χ1v) is 8.87. The largest absolute Gasteiger partial charge is 0.469 e. The number of hydrogen-bond acceptors (Lipinski definition) is 9. The first kappa shape index (κ1) is 17.6. The van der Waals surface area contributed by atoms with Crippen molar-refractivity contribution in [2.45, 2.75) is 24.5 Å². The summed E-state index contributed by atoms with van der Waals surface area (Å²) in [6, 6.07) is 0. The first-order chi connectivity index (χ1) is 11.2. The maximum absolute atomic E-state index is 10.8. The highest BCUT2D eigenvalue weighted by Crippen LogP contribution is 2.39. The second-order valence-corrected chi connectivity index (χ2v) is 6.96. The van der Waals surface area contributed by atoms with Crippen LogP contribution in [0.3, 0.4) is 0 Å². The molecule has 132 valence electrons. The maximum Gasteiger partial charge on any atom is 0.469 e. The number of aliphatic hydroxyl groups is 2. The molecule has 0 radical (unpaired) electrons. The van der Waals surface area contributed by atoms with Crippen LogP contribution in [0.25, 0.3) is 11.2 Å². The number of phosphoric ester groups is 1. The second-order valence-electron chi connectivity index (χ2n) is 5.01. The third-order valence-corrected chi connectivity index (χ3v) is 4.51. The van der Waals surface area contributed by atoms with E-state index in [0.29, 0.717) is 0 Å². The minimum Gasteiger partial charge on any atom is -0.387 e. The van der Waals surface area contributed by atoms with E-state index in [-0.39, 0.29) is 21.7 Å². The van der Waals surface area contributed by atoms with Crippen LogP contribution in [0.1, 0.15) is 6.23 Å². The molecule has 0 spiro atoms. The molecule has 12 nitrogen and oxygen atoms in total. The number of halogens is 1. The van der Waals surface area contributed by atoms with Gasteiger partial charge < -0.3 is 30.5 Å². The van der Waals surface area contributed by atoms with Crippen molar-refractivity contribution >= 4 is 40.7 Å². The summed E-state index contributed by atoms with van der Waals surface area (Å²) in [6.07, 6.45) is -3.94. The number of phosphoric acid groups is 1. The number of nitrogens with zero attached hydrogens (tertiary/aromatic N) is 4. The number of hydrogen-bond donors (Lipinski definition) is 5. The summed E-state index contributed by atoms with van der Waals surface area (Å²) < 4.78 is 22.1. The molecule has 6 N–H and O–H groups in total. The van der Waals surface area contributed by atoms with Crippen molar-refractivity contribution in [3.8, 4) is 0 Å². The predicted octanol–water partition coefficient (Wildman–Crippen LogP) is -1.10. The van der Waals surface area contributed by atoms with Crippen LogP contribution in [0.5, 0.6) is 0 Å². The summed E-state index contributed by atoms with van der Waals surface area (Å²) in [5.74, 6) is 0.119. The highest BCUT2D eigenvalue weighted by Gasteiger charge is 2.45. The average molecular weight is 426 g/mol. The number of ether oxygens (including phenoxy) is 1. The van der Waals surface area contributed by atoms with Gasteiger partial charge >= 0.3 is 7.82 Å². The van der Waals surface area contributed by atoms with E-state index in [9.17, 15) is 14.8 Å². The number of nitrogens with two attached hydrogens (primary N) is 1. The molecule has 2 aromatic rings. The van der Waals surface area contributed by atoms with E-state index in [0.717, 1.165) is 0 Å². The van der Waals surface area contributed by atoms with Gasteiger partial charge in [-0.1, -0.05) is 0 Å². The minimum absolute atomic E-state index is 0.119. The van der Waals surface area contributed by atoms with E-state index in [2.05, 4.69) is 35.4 Å². The molecular formula is C10H13BrN5O7P. The molecule has 0 bridgehead atoms.